The largest absolute Gasteiger partial charge is 0.477 e. The molecule has 0 spiro atoms. The minimum atomic E-state index is -0.947. The Morgan fingerprint density at radius 2 is 1.76 bits per heavy atom. The fourth-order valence-electron chi connectivity index (χ4n) is 5.27. The lowest BCUT2D eigenvalue weighted by atomic mass is 9.81. The van der Waals surface area contributed by atoms with Crippen molar-refractivity contribution in [3.63, 3.8) is 0 Å². The Hall–Kier alpha value is -2.22. The summed E-state index contributed by atoms with van der Waals surface area (Å²) in [4.78, 5) is 33.5. The van der Waals surface area contributed by atoms with Gasteiger partial charge in [0, 0.05) is 16.8 Å². The highest BCUT2D eigenvalue weighted by Gasteiger charge is 2.38. The van der Waals surface area contributed by atoms with Gasteiger partial charge in [-0.3, -0.25) is 4.79 Å². The maximum atomic E-state index is 14.0. The third-order valence-electron chi connectivity index (χ3n) is 7.35. The molecule has 1 amide bonds. The Morgan fingerprint density at radius 3 is 2.30 bits per heavy atom. The molecule has 33 heavy (non-hydrogen) atoms. The first kappa shape index (κ1) is 23.9. The van der Waals surface area contributed by atoms with E-state index in [9.17, 15) is 14.7 Å². The molecule has 0 atom stereocenters. The van der Waals surface area contributed by atoms with Crippen molar-refractivity contribution in [3.05, 3.63) is 28.5 Å². The van der Waals surface area contributed by atoms with Crippen molar-refractivity contribution in [2.45, 2.75) is 96.6 Å². The van der Waals surface area contributed by atoms with Crippen molar-refractivity contribution in [2.24, 2.45) is 11.8 Å². The zero-order valence-electron chi connectivity index (χ0n) is 20.2. The lowest BCUT2D eigenvalue weighted by Gasteiger charge is -2.39. The summed E-state index contributed by atoms with van der Waals surface area (Å²) in [6, 6.07) is 2.26. The number of nitrogens with zero attached hydrogens (tertiary/aromatic N) is 4. The lowest BCUT2D eigenvalue weighted by molar-refractivity contribution is -0.124. The van der Waals surface area contributed by atoms with Crippen LogP contribution in [-0.2, 0) is 10.2 Å². The van der Waals surface area contributed by atoms with Crippen LogP contribution in [0.15, 0.2) is 18.7 Å². The molecule has 2 aromatic rings. The van der Waals surface area contributed by atoms with E-state index in [4.69, 9.17) is 0 Å². The van der Waals surface area contributed by atoms with Crippen LogP contribution in [0.4, 0.5) is 5.69 Å². The Morgan fingerprint density at radius 1 is 1.09 bits per heavy atom. The summed E-state index contributed by atoms with van der Waals surface area (Å²) in [6.07, 6.45) is 10.7. The van der Waals surface area contributed by atoms with E-state index in [0.29, 0.717) is 11.6 Å². The predicted molar refractivity (Wildman–Crippen MR) is 130 cm³/mol. The summed E-state index contributed by atoms with van der Waals surface area (Å²) in [5.41, 5.74) is 0.428. The number of aromatic carboxylic acids is 1. The second-order valence-corrected chi connectivity index (χ2v) is 11.9. The molecule has 4 rings (SSSR count). The normalized spacial score (nSPS) is 26.2. The third kappa shape index (κ3) is 5.15. The maximum absolute atomic E-state index is 14.0. The minimum absolute atomic E-state index is 0.0112. The van der Waals surface area contributed by atoms with Crippen LogP contribution in [0, 0.1) is 11.8 Å². The summed E-state index contributed by atoms with van der Waals surface area (Å²) in [6.45, 7) is 8.52. The molecular weight excluding hydrogens is 436 g/mol. The quantitative estimate of drug-likeness (QED) is 0.605. The Kier molecular flexibility index (Phi) is 6.93. The Bertz CT molecular complexity index is 962. The number of carboxylic acids is 1. The first-order chi connectivity index (χ1) is 15.6. The highest BCUT2D eigenvalue weighted by molar-refractivity contribution is 7.14. The number of hydrogen-bond donors (Lipinski definition) is 1. The summed E-state index contributed by atoms with van der Waals surface area (Å²) in [7, 11) is 0. The summed E-state index contributed by atoms with van der Waals surface area (Å²) < 4.78 is 1.91. The van der Waals surface area contributed by atoms with Gasteiger partial charge in [-0.1, -0.05) is 27.7 Å². The maximum Gasteiger partial charge on any atom is 0.348 e. The van der Waals surface area contributed by atoms with Crippen LogP contribution < -0.4 is 4.90 Å². The van der Waals surface area contributed by atoms with Gasteiger partial charge in [0.1, 0.15) is 17.5 Å². The molecule has 2 aromatic heterocycles. The molecule has 0 aliphatic heterocycles. The van der Waals surface area contributed by atoms with Crippen molar-refractivity contribution in [2.75, 3.05) is 4.90 Å². The molecule has 2 aliphatic carbocycles. The molecule has 8 heteroatoms. The van der Waals surface area contributed by atoms with Gasteiger partial charge in [0.05, 0.1) is 11.7 Å². The van der Waals surface area contributed by atoms with Crippen LogP contribution in [-0.4, -0.2) is 37.8 Å². The summed E-state index contributed by atoms with van der Waals surface area (Å²) in [5, 5.41) is 14.3. The molecule has 0 saturated heterocycles. The van der Waals surface area contributed by atoms with E-state index in [1.807, 2.05) is 15.6 Å². The second-order valence-electron chi connectivity index (χ2n) is 10.9. The smallest absolute Gasteiger partial charge is 0.348 e. The van der Waals surface area contributed by atoms with Crippen LogP contribution in [0.2, 0.25) is 0 Å². The number of amides is 1. The number of aromatic nitrogens is 3. The molecule has 0 aromatic carbocycles. The number of carbonyl (C=O) groups is 2. The number of thiophene rings is 1. The Labute approximate surface area is 200 Å². The van der Waals surface area contributed by atoms with Gasteiger partial charge in [-0.05, 0) is 68.8 Å². The molecule has 2 aliphatic rings. The van der Waals surface area contributed by atoms with E-state index in [1.165, 1.54) is 11.3 Å². The number of hydrogen-bond acceptors (Lipinski definition) is 5. The van der Waals surface area contributed by atoms with Crippen molar-refractivity contribution < 1.29 is 14.7 Å². The molecule has 180 valence electrons. The molecule has 2 saturated carbocycles. The molecule has 2 fully saturated rings. The van der Waals surface area contributed by atoms with Gasteiger partial charge < -0.3 is 10.0 Å². The zero-order chi connectivity index (χ0) is 23.8. The van der Waals surface area contributed by atoms with E-state index in [-0.39, 0.29) is 34.2 Å². The number of rotatable bonds is 5. The SMILES string of the molecule is CC1CCC(C(=O)N(c2cc(C(C)(C)C)sc2C(=O)O)C2CCC(n3cncn3)CC2)CC1. The van der Waals surface area contributed by atoms with Gasteiger partial charge in [0.2, 0.25) is 5.91 Å². The van der Waals surface area contributed by atoms with Crippen LogP contribution in [0.1, 0.15) is 99.7 Å². The number of carbonyl (C=O) groups excluding carboxylic acids is 1. The number of carboxylic acid groups (broad SMARTS) is 1. The summed E-state index contributed by atoms with van der Waals surface area (Å²) >= 11 is 1.31. The first-order valence-electron chi connectivity index (χ1n) is 12.2. The average molecular weight is 473 g/mol. The van der Waals surface area contributed by atoms with E-state index in [0.717, 1.165) is 56.2 Å². The lowest BCUT2D eigenvalue weighted by Crippen LogP contribution is -2.46. The van der Waals surface area contributed by atoms with Crippen molar-refractivity contribution in [1.29, 1.82) is 0 Å². The molecule has 1 N–H and O–H groups in total. The fourth-order valence-corrected chi connectivity index (χ4v) is 6.31. The van der Waals surface area contributed by atoms with Crippen LogP contribution in [0.5, 0.6) is 0 Å². The van der Waals surface area contributed by atoms with E-state index >= 15 is 0 Å². The Balaban J connectivity index is 1.66. The summed E-state index contributed by atoms with van der Waals surface area (Å²) in [5.74, 6) is -0.193. The predicted octanol–water partition coefficient (Wildman–Crippen LogP) is 5.68. The fraction of sp³-hybridized carbons (Fsp3) is 0.680. The second kappa shape index (κ2) is 9.57. The van der Waals surface area contributed by atoms with Crippen LogP contribution in [0.25, 0.3) is 0 Å². The van der Waals surface area contributed by atoms with Crippen molar-refractivity contribution >= 4 is 28.9 Å². The van der Waals surface area contributed by atoms with Gasteiger partial charge in [-0.25, -0.2) is 14.5 Å². The third-order valence-corrected chi connectivity index (χ3v) is 8.89. The molecule has 0 unspecified atom stereocenters. The number of anilines is 1. The molecule has 7 nitrogen and oxygen atoms in total. The van der Waals surface area contributed by atoms with Gasteiger partial charge in [-0.15, -0.1) is 11.3 Å². The van der Waals surface area contributed by atoms with E-state index in [1.54, 1.807) is 12.7 Å². The molecular formula is C25H36N4O3S. The van der Waals surface area contributed by atoms with Gasteiger partial charge in [0.25, 0.3) is 0 Å². The van der Waals surface area contributed by atoms with E-state index in [2.05, 4.69) is 37.8 Å². The molecule has 0 radical (unpaired) electrons. The first-order valence-corrected chi connectivity index (χ1v) is 13.0. The minimum Gasteiger partial charge on any atom is -0.477 e. The topological polar surface area (TPSA) is 88.3 Å². The van der Waals surface area contributed by atoms with Crippen LogP contribution in [0.3, 0.4) is 0 Å². The van der Waals surface area contributed by atoms with Gasteiger partial charge >= 0.3 is 5.97 Å². The van der Waals surface area contributed by atoms with Crippen LogP contribution >= 0.6 is 11.3 Å². The van der Waals surface area contributed by atoms with Gasteiger partial charge in [-0.2, -0.15) is 5.10 Å². The van der Waals surface area contributed by atoms with E-state index < -0.39 is 5.97 Å². The molecule has 0 bridgehead atoms. The molecule has 2 heterocycles. The van der Waals surface area contributed by atoms with Gasteiger partial charge in [0.15, 0.2) is 0 Å². The zero-order valence-corrected chi connectivity index (χ0v) is 21.0. The standard InChI is InChI=1S/C25H36N4O3S/c1-16-5-7-17(8-6-16)23(30)29(19-11-9-18(10-12-19)28-15-26-14-27-28)20-13-21(25(2,3)4)33-22(20)24(31)32/h13-19H,5-12H2,1-4H3,(H,31,32). The average Bonchev–Trinajstić information content (AvgIpc) is 3.45. The van der Waals surface area contributed by atoms with Crippen molar-refractivity contribution in [3.8, 4) is 0 Å². The monoisotopic (exact) mass is 472 g/mol. The highest BCUT2D eigenvalue weighted by atomic mass is 32.1. The highest BCUT2D eigenvalue weighted by Crippen LogP contribution is 2.42. The van der Waals surface area contributed by atoms with Crippen molar-refractivity contribution in [1.82, 2.24) is 14.8 Å².